The maximum atomic E-state index is 13.0. The second-order valence-corrected chi connectivity index (χ2v) is 11.6. The van der Waals surface area contributed by atoms with Crippen LogP contribution < -0.4 is 5.32 Å². The molecule has 40 heavy (non-hydrogen) atoms. The summed E-state index contributed by atoms with van der Waals surface area (Å²) in [4.78, 5) is 62.2. The molecule has 0 unspecified atom stereocenters. The number of rotatable bonds is 9. The number of carbonyl (C=O) groups excluding carboxylic acids is 5. The second-order valence-electron chi connectivity index (χ2n) is 11.6. The second kappa shape index (κ2) is 13.6. The molecular weight excluding hydrogens is 528 g/mol. The Bertz CT molecular complexity index is 945. The van der Waals surface area contributed by atoms with E-state index in [4.69, 9.17) is 28.4 Å². The summed E-state index contributed by atoms with van der Waals surface area (Å²) in [6.07, 6.45) is -2.97. The maximum Gasteiger partial charge on any atom is 0.412 e. The van der Waals surface area contributed by atoms with Gasteiger partial charge < -0.3 is 33.7 Å². The molecule has 0 saturated carbocycles. The van der Waals surface area contributed by atoms with Gasteiger partial charge in [0.05, 0.1) is 24.8 Å². The van der Waals surface area contributed by atoms with Crippen molar-refractivity contribution in [2.45, 2.75) is 129 Å². The fourth-order valence-corrected chi connectivity index (χ4v) is 5.00. The van der Waals surface area contributed by atoms with Crippen LogP contribution in [0.15, 0.2) is 0 Å². The predicted molar refractivity (Wildman–Crippen MR) is 140 cm³/mol. The van der Waals surface area contributed by atoms with E-state index in [9.17, 15) is 24.0 Å². The summed E-state index contributed by atoms with van der Waals surface area (Å²) in [5.41, 5.74) is -1.54. The van der Waals surface area contributed by atoms with Crippen molar-refractivity contribution < 1.29 is 52.4 Å². The minimum absolute atomic E-state index is 0.259. The number of nitrogens with one attached hydrogen (secondary N) is 1. The highest BCUT2D eigenvalue weighted by molar-refractivity contribution is 5.74. The van der Waals surface area contributed by atoms with Crippen molar-refractivity contribution in [1.29, 1.82) is 0 Å². The van der Waals surface area contributed by atoms with Crippen LogP contribution in [-0.4, -0.2) is 95.8 Å². The van der Waals surface area contributed by atoms with Gasteiger partial charge in [0.15, 0.2) is 12.2 Å². The minimum Gasteiger partial charge on any atom is -0.463 e. The largest absolute Gasteiger partial charge is 0.463 e. The highest BCUT2D eigenvalue weighted by Crippen LogP contribution is 2.34. The zero-order valence-corrected chi connectivity index (χ0v) is 24.9. The van der Waals surface area contributed by atoms with E-state index < -0.39 is 71.7 Å². The number of esters is 3. The molecule has 0 aromatic carbocycles. The van der Waals surface area contributed by atoms with E-state index in [1.165, 1.54) is 27.7 Å². The van der Waals surface area contributed by atoms with Crippen LogP contribution in [0.3, 0.4) is 0 Å². The molecule has 228 valence electrons. The quantitative estimate of drug-likeness (QED) is 0.319. The highest BCUT2D eigenvalue weighted by Gasteiger charge is 2.51. The molecule has 2 amide bonds. The average molecular weight is 573 g/mol. The van der Waals surface area contributed by atoms with Gasteiger partial charge in [-0.05, 0) is 53.9 Å². The standard InChI is InChI=1S/C27H44N2O11/c1-15(30)28-22-20(12-10-11-19-13-36-27(8,9)29(19)25(34)40-26(5,6)7)39-21(14-35-16(2)31)23(37-17(3)32)24(22)38-18(4)33/h19-24H,10-14H2,1-9H3,(H,28,30)/t19-,20-,21+,22+,23+,24+/m0/s1. The Kier molecular flexibility index (Phi) is 11.3. The Morgan fingerprint density at radius 3 is 2.02 bits per heavy atom. The summed E-state index contributed by atoms with van der Waals surface area (Å²) in [5, 5.41) is 2.77. The Hall–Kier alpha value is -2.93. The van der Waals surface area contributed by atoms with Gasteiger partial charge in [0.1, 0.15) is 24.0 Å². The molecule has 2 heterocycles. The van der Waals surface area contributed by atoms with Crippen LogP contribution in [0.1, 0.15) is 81.6 Å². The van der Waals surface area contributed by atoms with Crippen LogP contribution in [0.25, 0.3) is 0 Å². The molecule has 0 aromatic rings. The topological polar surface area (TPSA) is 156 Å². The third kappa shape index (κ3) is 9.61. The first-order chi connectivity index (χ1) is 18.4. The van der Waals surface area contributed by atoms with Gasteiger partial charge in [0, 0.05) is 27.7 Å². The average Bonchev–Trinajstić information content (AvgIpc) is 3.08. The molecule has 0 aromatic heterocycles. The van der Waals surface area contributed by atoms with E-state index in [0.29, 0.717) is 25.9 Å². The van der Waals surface area contributed by atoms with Gasteiger partial charge in [0.2, 0.25) is 5.91 Å². The fourth-order valence-electron chi connectivity index (χ4n) is 5.00. The molecule has 2 aliphatic heterocycles. The van der Waals surface area contributed by atoms with E-state index >= 15 is 0 Å². The molecule has 0 radical (unpaired) electrons. The molecule has 2 fully saturated rings. The van der Waals surface area contributed by atoms with Crippen molar-refractivity contribution in [3.05, 3.63) is 0 Å². The molecule has 13 nitrogen and oxygen atoms in total. The first-order valence-corrected chi connectivity index (χ1v) is 13.5. The summed E-state index contributed by atoms with van der Waals surface area (Å²) in [6, 6.07) is -1.14. The predicted octanol–water partition coefficient (Wildman–Crippen LogP) is 2.23. The Morgan fingerprint density at radius 2 is 1.50 bits per heavy atom. The molecule has 13 heteroatoms. The van der Waals surface area contributed by atoms with Crippen molar-refractivity contribution in [1.82, 2.24) is 10.2 Å². The SMILES string of the molecule is CC(=O)N[C@H]1[C@@H](OC(C)=O)[C@H](OC(C)=O)[C@@H](COC(C)=O)O[C@H]1CCC[C@H]1COC(C)(C)N1C(=O)OC(C)(C)C. The van der Waals surface area contributed by atoms with Gasteiger partial charge in [0.25, 0.3) is 0 Å². The lowest BCUT2D eigenvalue weighted by Gasteiger charge is -2.45. The molecule has 2 rings (SSSR count). The first kappa shape index (κ1) is 33.3. The van der Waals surface area contributed by atoms with Crippen LogP contribution in [0.2, 0.25) is 0 Å². The zero-order valence-electron chi connectivity index (χ0n) is 24.9. The number of hydrogen-bond acceptors (Lipinski definition) is 11. The lowest BCUT2D eigenvalue weighted by Crippen LogP contribution is -2.66. The third-order valence-corrected chi connectivity index (χ3v) is 6.41. The summed E-state index contributed by atoms with van der Waals surface area (Å²) >= 11 is 0. The minimum atomic E-state index is -1.14. The lowest BCUT2D eigenvalue weighted by molar-refractivity contribution is -0.224. The van der Waals surface area contributed by atoms with Crippen molar-refractivity contribution in [2.75, 3.05) is 13.2 Å². The van der Waals surface area contributed by atoms with Gasteiger partial charge in [-0.3, -0.25) is 24.1 Å². The molecule has 0 spiro atoms. The first-order valence-electron chi connectivity index (χ1n) is 13.5. The van der Waals surface area contributed by atoms with Crippen LogP contribution in [0.5, 0.6) is 0 Å². The summed E-state index contributed by atoms with van der Waals surface area (Å²) in [5.74, 6) is -2.29. The van der Waals surface area contributed by atoms with Crippen LogP contribution in [-0.2, 0) is 47.6 Å². The molecule has 1 N–H and O–H groups in total. The van der Waals surface area contributed by atoms with Crippen LogP contribution in [0, 0.1) is 0 Å². The number of hydrogen-bond donors (Lipinski definition) is 1. The molecule has 6 atom stereocenters. The number of ether oxygens (including phenoxy) is 6. The third-order valence-electron chi connectivity index (χ3n) is 6.41. The van der Waals surface area contributed by atoms with Gasteiger partial charge in [-0.25, -0.2) is 4.79 Å². The van der Waals surface area contributed by atoms with Crippen molar-refractivity contribution >= 4 is 29.9 Å². The number of amides is 2. The van der Waals surface area contributed by atoms with E-state index in [2.05, 4.69) is 5.32 Å². The normalized spacial score (nSPS) is 27.9. The number of carbonyl (C=O) groups is 5. The Labute approximate surface area is 235 Å². The molecule has 0 bridgehead atoms. The van der Waals surface area contributed by atoms with E-state index in [-0.39, 0.29) is 12.6 Å². The number of nitrogens with zero attached hydrogens (tertiary/aromatic N) is 1. The van der Waals surface area contributed by atoms with Crippen molar-refractivity contribution in [3.63, 3.8) is 0 Å². The zero-order chi connectivity index (χ0) is 30.4. The van der Waals surface area contributed by atoms with E-state index in [1.807, 2.05) is 0 Å². The van der Waals surface area contributed by atoms with Gasteiger partial charge in [-0.15, -0.1) is 0 Å². The van der Waals surface area contributed by atoms with Crippen molar-refractivity contribution in [2.24, 2.45) is 0 Å². The van der Waals surface area contributed by atoms with Gasteiger partial charge >= 0.3 is 24.0 Å². The van der Waals surface area contributed by atoms with Gasteiger partial charge in [-0.2, -0.15) is 0 Å². The monoisotopic (exact) mass is 572 g/mol. The lowest BCUT2D eigenvalue weighted by atomic mass is 9.89. The molecule has 0 aliphatic carbocycles. The molecule has 2 aliphatic rings. The van der Waals surface area contributed by atoms with Crippen LogP contribution >= 0.6 is 0 Å². The van der Waals surface area contributed by atoms with E-state index in [1.54, 1.807) is 39.5 Å². The molecule has 2 saturated heterocycles. The maximum absolute atomic E-state index is 13.0. The van der Waals surface area contributed by atoms with E-state index in [0.717, 1.165) is 0 Å². The summed E-state index contributed by atoms with van der Waals surface area (Å²) < 4.78 is 33.8. The summed E-state index contributed by atoms with van der Waals surface area (Å²) in [6.45, 7) is 14.0. The summed E-state index contributed by atoms with van der Waals surface area (Å²) in [7, 11) is 0. The highest BCUT2D eigenvalue weighted by atomic mass is 16.6. The Morgan fingerprint density at radius 1 is 0.900 bits per heavy atom. The van der Waals surface area contributed by atoms with Crippen LogP contribution in [0.4, 0.5) is 4.79 Å². The van der Waals surface area contributed by atoms with Crippen molar-refractivity contribution in [3.8, 4) is 0 Å². The smallest absolute Gasteiger partial charge is 0.412 e. The van der Waals surface area contributed by atoms with Gasteiger partial charge in [-0.1, -0.05) is 0 Å². The fraction of sp³-hybridized carbons (Fsp3) is 0.815. The Balaban J connectivity index is 2.27. The molecular formula is C27H44N2O11.